The van der Waals surface area contributed by atoms with E-state index >= 15 is 0 Å². The van der Waals surface area contributed by atoms with Crippen molar-refractivity contribution in [3.63, 3.8) is 0 Å². The molecule has 0 unspecified atom stereocenters. The highest BCUT2D eigenvalue weighted by molar-refractivity contribution is 7.92. The average molecular weight is 412 g/mol. The van der Waals surface area contributed by atoms with Crippen molar-refractivity contribution in [2.45, 2.75) is 11.8 Å². The predicted octanol–water partition coefficient (Wildman–Crippen LogP) is 2.26. The van der Waals surface area contributed by atoms with Crippen LogP contribution in [0.4, 0.5) is 10.1 Å². The molecule has 0 radical (unpaired) electrons. The molecule has 9 nitrogen and oxygen atoms in total. The molecule has 0 aliphatic carbocycles. The summed E-state index contributed by atoms with van der Waals surface area (Å²) in [6.07, 6.45) is 0. The largest absolute Gasteiger partial charge is 0.478 e. The minimum absolute atomic E-state index is 0.152. The first kappa shape index (κ1) is 18.7. The summed E-state index contributed by atoms with van der Waals surface area (Å²) >= 11 is 5.81. The molecule has 1 aromatic heterocycles. The number of benzene rings is 2. The molecule has 0 bridgehead atoms. The molecule has 0 atom stereocenters. The lowest BCUT2D eigenvalue weighted by Gasteiger charge is -2.12. The summed E-state index contributed by atoms with van der Waals surface area (Å²) in [6.45, 7) is 1.67. The number of aryl methyl sites for hydroxylation is 1. The van der Waals surface area contributed by atoms with Gasteiger partial charge in [-0.3, -0.25) is 4.72 Å². The van der Waals surface area contributed by atoms with Crippen LogP contribution in [0, 0.1) is 12.7 Å². The van der Waals surface area contributed by atoms with Crippen molar-refractivity contribution in [3.05, 3.63) is 58.6 Å². The van der Waals surface area contributed by atoms with E-state index in [-0.39, 0.29) is 5.69 Å². The summed E-state index contributed by atoms with van der Waals surface area (Å²) < 4.78 is 42.5. The molecule has 3 rings (SSSR count). The van der Waals surface area contributed by atoms with E-state index < -0.39 is 37.3 Å². The number of carboxylic acids is 1. The minimum Gasteiger partial charge on any atom is -0.478 e. The van der Waals surface area contributed by atoms with Crippen LogP contribution in [0.3, 0.4) is 0 Å². The fraction of sp³-hybridized carbons (Fsp3) is 0.0667. The average Bonchev–Trinajstić information content (AvgIpc) is 3.00. The highest BCUT2D eigenvalue weighted by Crippen LogP contribution is 2.27. The smallest absolute Gasteiger partial charge is 0.338 e. The fourth-order valence-electron chi connectivity index (χ4n) is 2.28. The molecule has 0 aliphatic heterocycles. The van der Waals surface area contributed by atoms with Crippen LogP contribution in [0.25, 0.3) is 5.69 Å². The molecule has 0 aliphatic rings. The number of anilines is 1. The van der Waals surface area contributed by atoms with E-state index in [2.05, 4.69) is 20.2 Å². The van der Waals surface area contributed by atoms with E-state index in [1.807, 2.05) is 0 Å². The Kier molecular flexibility index (Phi) is 4.81. The van der Waals surface area contributed by atoms with Crippen molar-refractivity contribution in [2.75, 3.05) is 4.72 Å². The van der Waals surface area contributed by atoms with Crippen molar-refractivity contribution in [2.24, 2.45) is 0 Å². The molecule has 2 N–H and O–H groups in total. The first-order chi connectivity index (χ1) is 12.7. The Bertz CT molecular complexity index is 1150. The molecule has 0 saturated heterocycles. The van der Waals surface area contributed by atoms with Gasteiger partial charge in [0.2, 0.25) is 0 Å². The standard InChI is InChI=1S/C15H11ClFN5O4S/c1-8-18-20-21-22(8)10-4-2-3-9(5-10)19-27(25,26)14-6-11(15(23)24)13(17)7-12(14)16/h2-7,19H,1H3,(H,23,24). The zero-order chi connectivity index (χ0) is 19.8. The highest BCUT2D eigenvalue weighted by Gasteiger charge is 2.23. The van der Waals surface area contributed by atoms with Gasteiger partial charge < -0.3 is 5.11 Å². The molecular weight excluding hydrogens is 401 g/mol. The molecule has 2 aromatic carbocycles. The maximum Gasteiger partial charge on any atom is 0.338 e. The normalized spacial score (nSPS) is 11.4. The Morgan fingerprint density at radius 2 is 2.04 bits per heavy atom. The molecule has 0 fully saturated rings. The fourth-order valence-corrected chi connectivity index (χ4v) is 3.87. The number of hydrogen-bond donors (Lipinski definition) is 2. The van der Waals surface area contributed by atoms with Gasteiger partial charge in [-0.05, 0) is 47.7 Å². The van der Waals surface area contributed by atoms with Crippen molar-refractivity contribution in [3.8, 4) is 5.69 Å². The molecule has 12 heteroatoms. The van der Waals surface area contributed by atoms with Gasteiger partial charge in [0.05, 0.1) is 22.0 Å². The number of nitrogens with zero attached hydrogens (tertiary/aromatic N) is 4. The number of sulfonamides is 1. The Morgan fingerprint density at radius 1 is 1.30 bits per heavy atom. The van der Waals surface area contributed by atoms with Crippen LogP contribution < -0.4 is 4.72 Å². The quantitative estimate of drug-likeness (QED) is 0.659. The van der Waals surface area contributed by atoms with Crippen molar-refractivity contribution in [1.82, 2.24) is 20.2 Å². The van der Waals surface area contributed by atoms with Gasteiger partial charge in [-0.2, -0.15) is 4.68 Å². The Labute approximate surface area is 157 Å². The number of halogens is 2. The van der Waals surface area contributed by atoms with Crippen LogP contribution in [0.2, 0.25) is 5.02 Å². The zero-order valence-corrected chi connectivity index (χ0v) is 15.2. The van der Waals surface area contributed by atoms with E-state index in [4.69, 9.17) is 16.7 Å². The van der Waals surface area contributed by atoms with Gasteiger partial charge in [-0.1, -0.05) is 17.7 Å². The molecular formula is C15H11ClFN5O4S. The van der Waals surface area contributed by atoms with E-state index in [0.29, 0.717) is 23.6 Å². The maximum absolute atomic E-state index is 13.6. The first-order valence-corrected chi connectivity index (χ1v) is 9.16. The number of hydrogen-bond acceptors (Lipinski definition) is 6. The monoisotopic (exact) mass is 411 g/mol. The second-order valence-electron chi connectivity index (χ2n) is 5.36. The van der Waals surface area contributed by atoms with Gasteiger partial charge in [0.1, 0.15) is 10.7 Å². The van der Waals surface area contributed by atoms with Gasteiger partial charge in [0.15, 0.2) is 5.82 Å². The number of rotatable bonds is 5. The van der Waals surface area contributed by atoms with Gasteiger partial charge >= 0.3 is 5.97 Å². The van der Waals surface area contributed by atoms with Crippen LogP contribution in [0.5, 0.6) is 0 Å². The molecule has 1 heterocycles. The Balaban J connectivity index is 2.00. The van der Waals surface area contributed by atoms with Gasteiger partial charge in [-0.25, -0.2) is 17.6 Å². The van der Waals surface area contributed by atoms with Crippen LogP contribution in [-0.2, 0) is 10.0 Å². The highest BCUT2D eigenvalue weighted by atomic mass is 35.5. The van der Waals surface area contributed by atoms with Crippen molar-refractivity contribution < 1.29 is 22.7 Å². The lowest BCUT2D eigenvalue weighted by atomic mass is 10.2. The SMILES string of the molecule is Cc1nnnn1-c1cccc(NS(=O)(=O)c2cc(C(=O)O)c(F)cc2Cl)c1. The molecule has 27 heavy (non-hydrogen) atoms. The second-order valence-corrected chi connectivity index (χ2v) is 7.42. The Morgan fingerprint density at radius 3 is 2.67 bits per heavy atom. The van der Waals surface area contributed by atoms with Crippen molar-refractivity contribution >= 4 is 33.3 Å². The number of carbonyl (C=O) groups is 1. The zero-order valence-electron chi connectivity index (χ0n) is 13.6. The lowest BCUT2D eigenvalue weighted by molar-refractivity contribution is 0.0691. The van der Waals surface area contributed by atoms with E-state index in [0.717, 1.165) is 0 Å². The van der Waals surface area contributed by atoms with E-state index in [9.17, 15) is 17.6 Å². The summed E-state index contributed by atoms with van der Waals surface area (Å²) in [6, 6.07) is 7.47. The first-order valence-electron chi connectivity index (χ1n) is 7.29. The predicted molar refractivity (Wildman–Crippen MR) is 93.1 cm³/mol. The van der Waals surface area contributed by atoms with E-state index in [1.54, 1.807) is 19.1 Å². The summed E-state index contributed by atoms with van der Waals surface area (Å²) in [4.78, 5) is 10.5. The molecule has 3 aromatic rings. The van der Waals surface area contributed by atoms with Gasteiger partial charge in [-0.15, -0.1) is 5.10 Å². The molecule has 0 spiro atoms. The van der Waals surface area contributed by atoms with Crippen LogP contribution in [-0.4, -0.2) is 39.7 Å². The summed E-state index contributed by atoms with van der Waals surface area (Å²) in [5.74, 6) is -2.26. The third-order valence-corrected chi connectivity index (χ3v) is 5.36. The van der Waals surface area contributed by atoms with Crippen molar-refractivity contribution in [1.29, 1.82) is 0 Å². The number of aromatic carboxylic acids is 1. The topological polar surface area (TPSA) is 127 Å². The number of aromatic nitrogens is 4. The van der Waals surface area contributed by atoms with Crippen LogP contribution in [0.1, 0.15) is 16.2 Å². The third kappa shape index (κ3) is 3.73. The molecule has 140 valence electrons. The molecule has 0 amide bonds. The lowest BCUT2D eigenvalue weighted by Crippen LogP contribution is -2.15. The second kappa shape index (κ2) is 6.93. The maximum atomic E-state index is 13.6. The minimum atomic E-state index is -4.29. The third-order valence-electron chi connectivity index (χ3n) is 3.51. The van der Waals surface area contributed by atoms with Crippen LogP contribution >= 0.6 is 11.6 Å². The van der Waals surface area contributed by atoms with Crippen LogP contribution in [0.15, 0.2) is 41.3 Å². The number of nitrogens with one attached hydrogen (secondary N) is 1. The summed E-state index contributed by atoms with van der Waals surface area (Å²) in [5.41, 5.74) is -0.161. The van der Waals surface area contributed by atoms with E-state index in [1.165, 1.54) is 16.8 Å². The number of tetrazole rings is 1. The Hall–Kier alpha value is -3.05. The summed E-state index contributed by atoms with van der Waals surface area (Å²) in [5, 5.41) is 19.6. The van der Waals surface area contributed by atoms with Gasteiger partial charge in [0.25, 0.3) is 10.0 Å². The number of carboxylic acid groups (broad SMARTS) is 1. The molecule has 0 saturated carbocycles. The van der Waals surface area contributed by atoms with Gasteiger partial charge in [0, 0.05) is 0 Å². The summed E-state index contributed by atoms with van der Waals surface area (Å²) in [7, 11) is -4.29.